The summed E-state index contributed by atoms with van der Waals surface area (Å²) >= 11 is 1.54. The normalized spacial score (nSPS) is 11.7. The number of carboxylic acids is 1. The molecule has 0 aliphatic heterocycles. The van der Waals surface area contributed by atoms with Crippen LogP contribution in [0.15, 0.2) is 24.3 Å². The zero-order valence-corrected chi connectivity index (χ0v) is 11.7. The van der Waals surface area contributed by atoms with Gasteiger partial charge < -0.3 is 15.2 Å². The Morgan fingerprint density at radius 1 is 1.42 bits per heavy atom. The highest BCUT2D eigenvalue weighted by Gasteiger charge is 2.21. The van der Waals surface area contributed by atoms with Crippen LogP contribution >= 0.6 is 11.8 Å². The summed E-state index contributed by atoms with van der Waals surface area (Å²) in [4.78, 5) is 23.1. The first-order valence-corrected chi connectivity index (χ1v) is 7.15. The molecule has 2 N–H and O–H groups in total. The molecule has 1 rings (SSSR count). The highest BCUT2D eigenvalue weighted by molar-refractivity contribution is 7.98. The van der Waals surface area contributed by atoms with E-state index in [1.807, 2.05) is 6.26 Å². The van der Waals surface area contributed by atoms with E-state index in [-0.39, 0.29) is 0 Å². The Balaban J connectivity index is 2.78. The van der Waals surface area contributed by atoms with Crippen molar-refractivity contribution in [3.8, 4) is 5.75 Å². The molecule has 0 saturated heterocycles. The quantitative estimate of drug-likeness (QED) is 0.795. The average molecular weight is 283 g/mol. The summed E-state index contributed by atoms with van der Waals surface area (Å²) in [5.74, 6) is -0.374. The maximum Gasteiger partial charge on any atom is 0.326 e. The molecule has 19 heavy (non-hydrogen) atoms. The van der Waals surface area contributed by atoms with Gasteiger partial charge in [0.05, 0.1) is 12.7 Å². The molecular weight excluding hydrogens is 266 g/mol. The van der Waals surface area contributed by atoms with Gasteiger partial charge in [0.25, 0.3) is 5.91 Å². The van der Waals surface area contributed by atoms with Crippen LogP contribution in [0.3, 0.4) is 0 Å². The molecule has 0 heterocycles. The Hall–Kier alpha value is -1.69. The van der Waals surface area contributed by atoms with Crippen LogP contribution in [0.5, 0.6) is 5.75 Å². The van der Waals surface area contributed by atoms with Gasteiger partial charge in [0.2, 0.25) is 0 Å². The molecular formula is C13H17NO4S. The molecule has 0 aromatic heterocycles. The number of methoxy groups -OCH3 is 1. The molecule has 1 atom stereocenters. The second kappa shape index (κ2) is 7.68. The lowest BCUT2D eigenvalue weighted by Gasteiger charge is -2.15. The van der Waals surface area contributed by atoms with E-state index in [0.29, 0.717) is 23.5 Å². The van der Waals surface area contributed by atoms with Crippen molar-refractivity contribution in [3.63, 3.8) is 0 Å². The van der Waals surface area contributed by atoms with Crippen molar-refractivity contribution in [2.24, 2.45) is 0 Å². The smallest absolute Gasteiger partial charge is 0.326 e. The monoisotopic (exact) mass is 283 g/mol. The third-order valence-electron chi connectivity index (χ3n) is 2.57. The molecule has 0 aliphatic carbocycles. The zero-order valence-electron chi connectivity index (χ0n) is 10.9. The molecule has 0 radical (unpaired) electrons. The first-order valence-electron chi connectivity index (χ1n) is 5.75. The minimum absolute atomic E-state index is 0.334. The predicted molar refractivity (Wildman–Crippen MR) is 74.9 cm³/mol. The summed E-state index contributed by atoms with van der Waals surface area (Å²) in [6.07, 6.45) is 2.28. The van der Waals surface area contributed by atoms with Gasteiger partial charge >= 0.3 is 5.97 Å². The van der Waals surface area contributed by atoms with Gasteiger partial charge in [0, 0.05) is 0 Å². The van der Waals surface area contributed by atoms with E-state index in [1.165, 1.54) is 18.9 Å². The summed E-state index contributed by atoms with van der Waals surface area (Å²) < 4.78 is 5.08. The number of nitrogens with one attached hydrogen (secondary N) is 1. The van der Waals surface area contributed by atoms with Crippen molar-refractivity contribution in [1.29, 1.82) is 0 Å². The predicted octanol–water partition coefficient (Wildman–Crippen LogP) is 1.63. The highest BCUT2D eigenvalue weighted by Crippen LogP contribution is 2.17. The number of carbonyl (C=O) groups excluding carboxylic acids is 1. The number of carboxylic acid groups (broad SMARTS) is 1. The summed E-state index contributed by atoms with van der Waals surface area (Å²) in [5, 5.41) is 11.6. The van der Waals surface area contributed by atoms with E-state index in [0.717, 1.165) is 0 Å². The van der Waals surface area contributed by atoms with Gasteiger partial charge in [-0.25, -0.2) is 4.79 Å². The van der Waals surface area contributed by atoms with E-state index < -0.39 is 17.9 Å². The first kappa shape index (κ1) is 15.4. The Morgan fingerprint density at radius 2 is 2.11 bits per heavy atom. The highest BCUT2D eigenvalue weighted by atomic mass is 32.2. The maximum atomic E-state index is 12.0. The van der Waals surface area contributed by atoms with Crippen LogP contribution in [0.4, 0.5) is 0 Å². The number of benzene rings is 1. The molecule has 1 aromatic rings. The van der Waals surface area contributed by atoms with Crippen LogP contribution in [0, 0.1) is 0 Å². The zero-order chi connectivity index (χ0) is 14.3. The molecule has 0 saturated carbocycles. The molecule has 6 heteroatoms. The fourth-order valence-electron chi connectivity index (χ4n) is 1.56. The van der Waals surface area contributed by atoms with Gasteiger partial charge in [-0.15, -0.1) is 0 Å². The van der Waals surface area contributed by atoms with Crippen molar-refractivity contribution in [3.05, 3.63) is 29.8 Å². The number of thioether (sulfide) groups is 1. The SMILES string of the molecule is COc1ccccc1C(=O)N[C@H](CCSC)C(=O)O. The maximum absolute atomic E-state index is 12.0. The van der Waals surface area contributed by atoms with Crippen molar-refractivity contribution in [2.75, 3.05) is 19.1 Å². The molecule has 0 spiro atoms. The Morgan fingerprint density at radius 3 is 2.68 bits per heavy atom. The molecule has 0 aliphatic rings. The largest absolute Gasteiger partial charge is 0.496 e. The van der Waals surface area contributed by atoms with Crippen LogP contribution in [0.2, 0.25) is 0 Å². The summed E-state index contributed by atoms with van der Waals surface area (Å²) in [6.45, 7) is 0. The number of amides is 1. The summed E-state index contributed by atoms with van der Waals surface area (Å²) in [7, 11) is 1.47. The minimum Gasteiger partial charge on any atom is -0.496 e. The van der Waals surface area contributed by atoms with E-state index in [4.69, 9.17) is 9.84 Å². The van der Waals surface area contributed by atoms with Gasteiger partial charge in [0.15, 0.2) is 0 Å². The molecule has 104 valence electrons. The number of hydrogen-bond acceptors (Lipinski definition) is 4. The van der Waals surface area contributed by atoms with Gasteiger partial charge in [0.1, 0.15) is 11.8 Å². The number of aliphatic carboxylic acids is 1. The molecule has 5 nitrogen and oxygen atoms in total. The van der Waals surface area contributed by atoms with Crippen molar-refractivity contribution >= 4 is 23.6 Å². The number of carbonyl (C=O) groups is 2. The standard InChI is InChI=1S/C13H17NO4S/c1-18-11-6-4-3-5-9(11)12(15)14-10(13(16)17)7-8-19-2/h3-6,10H,7-8H2,1-2H3,(H,14,15)(H,16,17)/t10-/m1/s1. The first-order chi connectivity index (χ1) is 9.10. The van der Waals surface area contributed by atoms with Gasteiger partial charge in [-0.2, -0.15) is 11.8 Å². The lowest BCUT2D eigenvalue weighted by molar-refractivity contribution is -0.139. The number of rotatable bonds is 7. The summed E-state index contributed by atoms with van der Waals surface area (Å²) in [6, 6.07) is 5.83. The second-order valence-corrected chi connectivity index (χ2v) is 4.83. The lowest BCUT2D eigenvalue weighted by atomic mass is 10.1. The van der Waals surface area contributed by atoms with E-state index >= 15 is 0 Å². The van der Waals surface area contributed by atoms with Crippen LogP contribution in [-0.4, -0.2) is 42.1 Å². The minimum atomic E-state index is -1.03. The van der Waals surface area contributed by atoms with Gasteiger partial charge in [-0.05, 0) is 30.6 Å². The van der Waals surface area contributed by atoms with E-state index in [1.54, 1.807) is 24.3 Å². The average Bonchev–Trinajstić information content (AvgIpc) is 2.42. The number of ether oxygens (including phenoxy) is 1. The molecule has 0 unspecified atom stereocenters. The van der Waals surface area contributed by atoms with Crippen molar-refractivity contribution < 1.29 is 19.4 Å². The van der Waals surface area contributed by atoms with E-state index in [9.17, 15) is 9.59 Å². The van der Waals surface area contributed by atoms with Crippen molar-refractivity contribution in [1.82, 2.24) is 5.32 Å². The van der Waals surface area contributed by atoms with Crippen LogP contribution in [-0.2, 0) is 4.79 Å². The Kier molecular flexibility index (Phi) is 6.21. The lowest BCUT2D eigenvalue weighted by Crippen LogP contribution is -2.41. The molecule has 0 fully saturated rings. The topological polar surface area (TPSA) is 75.6 Å². The molecule has 1 amide bonds. The third-order valence-corrected chi connectivity index (χ3v) is 3.21. The van der Waals surface area contributed by atoms with Crippen LogP contribution in [0.25, 0.3) is 0 Å². The number of para-hydroxylation sites is 1. The van der Waals surface area contributed by atoms with Crippen LogP contribution < -0.4 is 10.1 Å². The summed E-state index contributed by atoms with van der Waals surface area (Å²) in [5.41, 5.74) is 0.334. The molecule has 0 bridgehead atoms. The fraction of sp³-hybridized carbons (Fsp3) is 0.385. The number of hydrogen-bond donors (Lipinski definition) is 2. The van der Waals surface area contributed by atoms with Gasteiger partial charge in [-0.1, -0.05) is 12.1 Å². The molecule has 1 aromatic carbocycles. The van der Waals surface area contributed by atoms with Gasteiger partial charge in [-0.3, -0.25) is 4.79 Å². The third kappa shape index (κ3) is 4.48. The van der Waals surface area contributed by atoms with E-state index in [2.05, 4.69) is 5.32 Å². The second-order valence-electron chi connectivity index (χ2n) is 3.85. The van der Waals surface area contributed by atoms with Crippen molar-refractivity contribution in [2.45, 2.75) is 12.5 Å². The Bertz CT molecular complexity index is 450. The fourth-order valence-corrected chi connectivity index (χ4v) is 2.03. The Labute approximate surface area is 116 Å². The van der Waals surface area contributed by atoms with Crippen LogP contribution in [0.1, 0.15) is 16.8 Å².